The zero-order valence-electron chi connectivity index (χ0n) is 11.9. The molecule has 2 rings (SSSR count). The number of nitrogens with zero attached hydrogens (tertiary/aromatic N) is 1. The molecule has 1 fully saturated rings. The Morgan fingerprint density at radius 1 is 1.20 bits per heavy atom. The van der Waals surface area contributed by atoms with Gasteiger partial charge in [-0.05, 0) is 37.1 Å². The predicted octanol–water partition coefficient (Wildman–Crippen LogP) is 1.49. The van der Waals surface area contributed by atoms with Gasteiger partial charge < -0.3 is 15.0 Å². The molecular formula is C15H20N2O3. The first-order valence-corrected chi connectivity index (χ1v) is 6.79. The number of aryl methyl sites for hydroxylation is 2. The monoisotopic (exact) mass is 276 g/mol. The Morgan fingerprint density at radius 3 is 2.55 bits per heavy atom. The Hall–Kier alpha value is -1.88. The van der Waals surface area contributed by atoms with E-state index in [4.69, 9.17) is 4.74 Å². The average Bonchev–Trinajstić information content (AvgIpc) is 2.44. The molecule has 5 nitrogen and oxygen atoms in total. The van der Waals surface area contributed by atoms with Crippen LogP contribution in [0.4, 0.5) is 5.69 Å². The molecule has 1 saturated heterocycles. The number of rotatable bonds is 3. The van der Waals surface area contributed by atoms with E-state index in [0.29, 0.717) is 26.3 Å². The Bertz CT molecular complexity index is 508. The molecule has 0 aromatic heterocycles. The van der Waals surface area contributed by atoms with E-state index in [0.717, 1.165) is 11.3 Å². The molecule has 0 spiro atoms. The fraction of sp³-hybridized carbons (Fsp3) is 0.467. The van der Waals surface area contributed by atoms with Gasteiger partial charge in [-0.2, -0.15) is 0 Å². The molecule has 1 N–H and O–H groups in total. The quantitative estimate of drug-likeness (QED) is 0.851. The molecular weight excluding hydrogens is 256 g/mol. The first-order valence-electron chi connectivity index (χ1n) is 6.79. The van der Waals surface area contributed by atoms with E-state index in [9.17, 15) is 9.59 Å². The SMILES string of the molecule is Cc1ccc(NC(=O)CC(=O)N2CCOCC2)cc1C. The minimum atomic E-state index is -0.273. The van der Waals surface area contributed by atoms with E-state index in [1.54, 1.807) is 4.90 Å². The van der Waals surface area contributed by atoms with E-state index in [2.05, 4.69) is 5.32 Å². The van der Waals surface area contributed by atoms with Gasteiger partial charge in [0, 0.05) is 18.8 Å². The lowest BCUT2D eigenvalue weighted by Crippen LogP contribution is -2.41. The number of amides is 2. The van der Waals surface area contributed by atoms with Crippen LogP contribution >= 0.6 is 0 Å². The minimum absolute atomic E-state index is 0.118. The van der Waals surface area contributed by atoms with E-state index in [1.807, 2.05) is 32.0 Å². The molecule has 1 aliphatic heterocycles. The van der Waals surface area contributed by atoms with Gasteiger partial charge in [0.15, 0.2) is 0 Å². The molecule has 1 heterocycles. The van der Waals surface area contributed by atoms with Gasteiger partial charge in [0.25, 0.3) is 0 Å². The van der Waals surface area contributed by atoms with Gasteiger partial charge in [0.05, 0.1) is 13.2 Å². The topological polar surface area (TPSA) is 58.6 Å². The average molecular weight is 276 g/mol. The van der Waals surface area contributed by atoms with Gasteiger partial charge in [-0.3, -0.25) is 9.59 Å². The van der Waals surface area contributed by atoms with E-state index in [-0.39, 0.29) is 18.2 Å². The summed E-state index contributed by atoms with van der Waals surface area (Å²) in [4.78, 5) is 25.5. The maximum absolute atomic E-state index is 11.9. The normalized spacial score (nSPS) is 15.0. The van der Waals surface area contributed by atoms with Crippen molar-refractivity contribution >= 4 is 17.5 Å². The van der Waals surface area contributed by atoms with Crippen molar-refractivity contribution in [2.24, 2.45) is 0 Å². The summed E-state index contributed by atoms with van der Waals surface area (Å²) in [5.74, 6) is -0.417. The maximum Gasteiger partial charge on any atom is 0.233 e. The van der Waals surface area contributed by atoms with Gasteiger partial charge in [-0.1, -0.05) is 6.07 Å². The summed E-state index contributed by atoms with van der Waals surface area (Å²) < 4.78 is 5.18. The molecule has 0 atom stereocenters. The predicted molar refractivity (Wildman–Crippen MR) is 76.6 cm³/mol. The van der Waals surface area contributed by atoms with Gasteiger partial charge in [0.2, 0.25) is 11.8 Å². The second-order valence-corrected chi connectivity index (χ2v) is 5.02. The van der Waals surface area contributed by atoms with E-state index >= 15 is 0 Å². The first-order chi connectivity index (χ1) is 9.56. The Labute approximate surface area is 118 Å². The Morgan fingerprint density at radius 2 is 1.90 bits per heavy atom. The number of carbonyl (C=O) groups excluding carboxylic acids is 2. The van der Waals surface area contributed by atoms with Crippen LogP contribution in [0.2, 0.25) is 0 Å². The lowest BCUT2D eigenvalue weighted by molar-refractivity contribution is -0.138. The number of ether oxygens (including phenoxy) is 1. The van der Waals surface area contributed by atoms with Gasteiger partial charge in [-0.25, -0.2) is 0 Å². The van der Waals surface area contributed by atoms with Gasteiger partial charge in [0.1, 0.15) is 6.42 Å². The van der Waals surface area contributed by atoms with Gasteiger partial charge in [-0.15, -0.1) is 0 Å². The van der Waals surface area contributed by atoms with Crippen LogP contribution in [0.25, 0.3) is 0 Å². The zero-order chi connectivity index (χ0) is 14.5. The highest BCUT2D eigenvalue weighted by molar-refractivity contribution is 6.03. The van der Waals surface area contributed by atoms with Crippen molar-refractivity contribution in [3.63, 3.8) is 0 Å². The highest BCUT2D eigenvalue weighted by atomic mass is 16.5. The Balaban J connectivity index is 1.88. The molecule has 1 aliphatic rings. The van der Waals surface area contributed by atoms with Crippen LogP contribution in [-0.2, 0) is 14.3 Å². The van der Waals surface area contributed by atoms with Crippen molar-refractivity contribution in [3.05, 3.63) is 29.3 Å². The number of anilines is 1. The van der Waals surface area contributed by atoms with Crippen molar-refractivity contribution in [2.45, 2.75) is 20.3 Å². The molecule has 2 amide bonds. The first kappa shape index (κ1) is 14.5. The van der Waals surface area contributed by atoms with Gasteiger partial charge >= 0.3 is 0 Å². The number of benzene rings is 1. The highest BCUT2D eigenvalue weighted by Gasteiger charge is 2.19. The van der Waals surface area contributed by atoms with Crippen LogP contribution in [0.3, 0.4) is 0 Å². The summed E-state index contributed by atoms with van der Waals surface area (Å²) in [6.45, 7) is 6.23. The molecule has 0 saturated carbocycles. The summed E-state index contributed by atoms with van der Waals surface area (Å²) in [6, 6.07) is 5.71. The van der Waals surface area contributed by atoms with Crippen molar-refractivity contribution < 1.29 is 14.3 Å². The third-order valence-electron chi connectivity index (χ3n) is 3.47. The summed E-state index contributed by atoms with van der Waals surface area (Å²) in [7, 11) is 0. The molecule has 1 aromatic rings. The molecule has 20 heavy (non-hydrogen) atoms. The second-order valence-electron chi connectivity index (χ2n) is 5.02. The minimum Gasteiger partial charge on any atom is -0.378 e. The van der Waals surface area contributed by atoms with E-state index in [1.165, 1.54) is 5.56 Å². The summed E-state index contributed by atoms with van der Waals surface area (Å²) in [5.41, 5.74) is 3.02. The van der Waals surface area contributed by atoms with Crippen LogP contribution in [0, 0.1) is 13.8 Å². The number of hydrogen-bond acceptors (Lipinski definition) is 3. The summed E-state index contributed by atoms with van der Waals surface area (Å²) >= 11 is 0. The van der Waals surface area contributed by atoms with Crippen molar-refractivity contribution in [3.8, 4) is 0 Å². The van der Waals surface area contributed by atoms with Crippen LogP contribution in [0.15, 0.2) is 18.2 Å². The molecule has 0 bridgehead atoms. The fourth-order valence-electron chi connectivity index (χ4n) is 2.09. The smallest absolute Gasteiger partial charge is 0.233 e. The van der Waals surface area contributed by atoms with E-state index < -0.39 is 0 Å². The molecule has 5 heteroatoms. The summed E-state index contributed by atoms with van der Waals surface area (Å²) in [5, 5.41) is 2.76. The van der Waals surface area contributed by atoms with Crippen LogP contribution in [0.5, 0.6) is 0 Å². The second kappa shape index (κ2) is 6.52. The largest absolute Gasteiger partial charge is 0.378 e. The third-order valence-corrected chi connectivity index (χ3v) is 3.47. The highest BCUT2D eigenvalue weighted by Crippen LogP contribution is 2.14. The number of hydrogen-bond donors (Lipinski definition) is 1. The lowest BCUT2D eigenvalue weighted by atomic mass is 10.1. The lowest BCUT2D eigenvalue weighted by Gasteiger charge is -2.26. The van der Waals surface area contributed by atoms with Crippen LogP contribution in [0.1, 0.15) is 17.5 Å². The maximum atomic E-state index is 11.9. The van der Waals surface area contributed by atoms with Crippen molar-refractivity contribution in [1.82, 2.24) is 4.90 Å². The molecule has 108 valence electrons. The molecule has 0 aliphatic carbocycles. The third kappa shape index (κ3) is 3.81. The van der Waals surface area contributed by atoms with Crippen molar-refractivity contribution in [2.75, 3.05) is 31.6 Å². The van der Waals surface area contributed by atoms with Crippen LogP contribution < -0.4 is 5.32 Å². The van der Waals surface area contributed by atoms with Crippen molar-refractivity contribution in [1.29, 1.82) is 0 Å². The molecule has 0 radical (unpaired) electrons. The number of nitrogens with one attached hydrogen (secondary N) is 1. The number of carbonyl (C=O) groups is 2. The van der Waals surface area contributed by atoms with Crippen LogP contribution in [-0.4, -0.2) is 43.0 Å². The zero-order valence-corrected chi connectivity index (χ0v) is 11.9. The molecule has 0 unspecified atom stereocenters. The Kier molecular flexibility index (Phi) is 4.74. The number of morpholine rings is 1. The fourth-order valence-corrected chi connectivity index (χ4v) is 2.09. The molecule has 1 aromatic carbocycles. The summed E-state index contributed by atoms with van der Waals surface area (Å²) in [6.07, 6.45) is -0.118. The standard InChI is InChI=1S/C15H20N2O3/c1-11-3-4-13(9-12(11)2)16-14(18)10-15(19)17-5-7-20-8-6-17/h3-4,9H,5-8,10H2,1-2H3,(H,16,18).